The van der Waals surface area contributed by atoms with Gasteiger partial charge >= 0.3 is 5.69 Å². The second kappa shape index (κ2) is 6.69. The summed E-state index contributed by atoms with van der Waals surface area (Å²) < 4.78 is 4.92. The molecule has 7 heteroatoms. The summed E-state index contributed by atoms with van der Waals surface area (Å²) in [7, 11) is 2.94. The quantitative estimate of drug-likeness (QED) is 0.588. The molecule has 0 aliphatic carbocycles. The van der Waals surface area contributed by atoms with Gasteiger partial charge in [-0.05, 0) is 18.6 Å². The van der Waals surface area contributed by atoms with E-state index in [1.54, 1.807) is 26.1 Å². The van der Waals surface area contributed by atoms with Gasteiger partial charge in [0.05, 0.1) is 18.1 Å². The molecule has 0 saturated heterocycles. The molecule has 0 bridgehead atoms. The van der Waals surface area contributed by atoms with Crippen LogP contribution in [0.2, 0.25) is 0 Å². The fourth-order valence-electron chi connectivity index (χ4n) is 1.57. The minimum Gasteiger partial charge on any atom is -0.490 e. The van der Waals surface area contributed by atoms with Crippen molar-refractivity contribution in [3.05, 3.63) is 33.9 Å². The van der Waals surface area contributed by atoms with Crippen molar-refractivity contribution < 1.29 is 14.5 Å². The van der Waals surface area contributed by atoms with E-state index in [0.717, 1.165) is 0 Å². The van der Waals surface area contributed by atoms with Crippen molar-refractivity contribution in [2.24, 2.45) is 0 Å². The predicted octanol–water partition coefficient (Wildman–Crippen LogP) is 0.827. The molecular formula is C12H17N3O4. The molecule has 0 saturated carbocycles. The summed E-state index contributed by atoms with van der Waals surface area (Å²) in [6.07, 6.45) is 0. The van der Waals surface area contributed by atoms with Crippen molar-refractivity contribution in [2.75, 3.05) is 14.2 Å². The number of nitrogens with zero attached hydrogens (tertiary/aromatic N) is 1. The number of hydrogen-bond acceptors (Lipinski definition) is 5. The molecule has 0 heterocycles. The van der Waals surface area contributed by atoms with E-state index in [4.69, 9.17) is 4.74 Å². The number of nitro groups is 1. The molecule has 1 atom stereocenters. The molecule has 104 valence electrons. The Morgan fingerprint density at radius 2 is 2.21 bits per heavy atom. The summed E-state index contributed by atoms with van der Waals surface area (Å²) in [6, 6.07) is 4.32. The van der Waals surface area contributed by atoms with E-state index < -0.39 is 4.92 Å². The molecule has 19 heavy (non-hydrogen) atoms. The maximum atomic E-state index is 11.3. The Morgan fingerprint density at radius 3 is 2.74 bits per heavy atom. The summed E-state index contributed by atoms with van der Waals surface area (Å²) in [5.74, 6) is 0.0797. The Hall–Kier alpha value is -2.15. The van der Waals surface area contributed by atoms with Crippen LogP contribution in [-0.4, -0.2) is 31.0 Å². The highest BCUT2D eigenvalue weighted by Gasteiger charge is 2.16. The lowest BCUT2D eigenvalue weighted by atomic mass is 10.1. The van der Waals surface area contributed by atoms with Gasteiger partial charge in [0.2, 0.25) is 5.91 Å². The van der Waals surface area contributed by atoms with Gasteiger partial charge in [0.1, 0.15) is 0 Å². The highest BCUT2D eigenvalue weighted by Crippen LogP contribution is 2.27. The lowest BCUT2D eigenvalue weighted by molar-refractivity contribution is -0.385. The van der Waals surface area contributed by atoms with Gasteiger partial charge < -0.3 is 15.4 Å². The maximum absolute atomic E-state index is 11.3. The highest BCUT2D eigenvalue weighted by atomic mass is 16.6. The van der Waals surface area contributed by atoms with E-state index in [9.17, 15) is 14.9 Å². The molecule has 0 aliphatic rings. The molecular weight excluding hydrogens is 250 g/mol. The van der Waals surface area contributed by atoms with Crippen molar-refractivity contribution in [1.82, 2.24) is 10.6 Å². The summed E-state index contributed by atoms with van der Waals surface area (Å²) >= 11 is 0. The van der Waals surface area contributed by atoms with Crippen LogP contribution >= 0.6 is 0 Å². The van der Waals surface area contributed by atoms with Gasteiger partial charge in [-0.25, -0.2) is 0 Å². The zero-order valence-corrected chi connectivity index (χ0v) is 11.1. The molecule has 0 spiro atoms. The molecule has 0 radical (unpaired) electrons. The zero-order valence-electron chi connectivity index (χ0n) is 11.1. The molecule has 1 aromatic carbocycles. The number of ether oxygens (including phenoxy) is 1. The monoisotopic (exact) mass is 267 g/mol. The van der Waals surface area contributed by atoms with Crippen LogP contribution < -0.4 is 15.4 Å². The third-order valence-electron chi connectivity index (χ3n) is 2.69. The van der Waals surface area contributed by atoms with Crippen molar-refractivity contribution in [3.63, 3.8) is 0 Å². The number of nitrogens with one attached hydrogen (secondary N) is 2. The topological polar surface area (TPSA) is 93.5 Å². The second-order valence-electron chi connectivity index (χ2n) is 3.98. The minimum absolute atomic E-state index is 0.0885. The first kappa shape index (κ1) is 14.9. The largest absolute Gasteiger partial charge is 0.490 e. The Labute approximate surface area is 111 Å². The lowest BCUT2D eigenvalue weighted by Crippen LogP contribution is -2.40. The second-order valence-corrected chi connectivity index (χ2v) is 3.98. The molecule has 1 aromatic rings. The van der Waals surface area contributed by atoms with Crippen molar-refractivity contribution >= 4 is 11.6 Å². The summed E-state index contributed by atoms with van der Waals surface area (Å²) in [4.78, 5) is 21.7. The first-order valence-corrected chi connectivity index (χ1v) is 5.76. The van der Waals surface area contributed by atoms with E-state index >= 15 is 0 Å². The van der Waals surface area contributed by atoms with E-state index in [1.165, 1.54) is 13.2 Å². The van der Waals surface area contributed by atoms with E-state index in [2.05, 4.69) is 10.6 Å². The predicted molar refractivity (Wildman–Crippen MR) is 70.0 cm³/mol. The van der Waals surface area contributed by atoms with Gasteiger partial charge in [0.25, 0.3) is 0 Å². The first-order chi connectivity index (χ1) is 8.99. The molecule has 2 N–H and O–H groups in total. The van der Waals surface area contributed by atoms with Crippen LogP contribution in [0.15, 0.2) is 18.2 Å². The standard InChI is InChI=1S/C12H17N3O4/c1-8(12(16)13-2)14-7-9-4-5-11(19-3)10(6-9)15(17)18/h4-6,8,14H,7H2,1-3H3,(H,13,16). The smallest absolute Gasteiger partial charge is 0.311 e. The molecule has 7 nitrogen and oxygen atoms in total. The Balaban J connectivity index is 2.77. The fourth-order valence-corrected chi connectivity index (χ4v) is 1.57. The number of carbonyl (C=O) groups excluding carboxylic acids is 1. The van der Waals surface area contributed by atoms with Gasteiger partial charge in [-0.3, -0.25) is 14.9 Å². The number of benzene rings is 1. The number of hydrogen-bond donors (Lipinski definition) is 2. The van der Waals surface area contributed by atoms with Gasteiger partial charge in [-0.1, -0.05) is 6.07 Å². The average molecular weight is 267 g/mol. The average Bonchev–Trinajstić information content (AvgIpc) is 2.43. The number of methoxy groups -OCH3 is 1. The maximum Gasteiger partial charge on any atom is 0.311 e. The van der Waals surface area contributed by atoms with Crippen molar-refractivity contribution in [3.8, 4) is 5.75 Å². The molecule has 1 unspecified atom stereocenters. The first-order valence-electron chi connectivity index (χ1n) is 5.76. The summed E-state index contributed by atoms with van der Waals surface area (Å²) in [5, 5.41) is 16.4. The number of nitro benzene ring substituents is 1. The van der Waals surface area contributed by atoms with Gasteiger partial charge in [0.15, 0.2) is 5.75 Å². The van der Waals surface area contributed by atoms with Gasteiger partial charge in [-0.2, -0.15) is 0 Å². The lowest BCUT2D eigenvalue weighted by Gasteiger charge is -2.12. The fraction of sp³-hybridized carbons (Fsp3) is 0.417. The van der Waals surface area contributed by atoms with Crippen LogP contribution in [0.3, 0.4) is 0 Å². The number of rotatable bonds is 6. The molecule has 0 fully saturated rings. The summed E-state index contributed by atoms with van der Waals surface area (Å²) in [5.41, 5.74) is 0.623. The third kappa shape index (κ3) is 3.92. The normalized spacial score (nSPS) is 11.7. The van der Waals surface area contributed by atoms with Crippen LogP contribution in [0, 0.1) is 10.1 Å². The van der Waals surface area contributed by atoms with Crippen LogP contribution in [0.25, 0.3) is 0 Å². The number of amides is 1. The van der Waals surface area contributed by atoms with E-state index in [1.807, 2.05) is 0 Å². The minimum atomic E-state index is -0.496. The number of carbonyl (C=O) groups is 1. The molecule has 1 rings (SSSR count). The van der Waals surface area contributed by atoms with Crippen molar-refractivity contribution in [2.45, 2.75) is 19.5 Å². The van der Waals surface area contributed by atoms with Crippen LogP contribution in [0.5, 0.6) is 5.75 Å². The number of likely N-dealkylation sites (N-methyl/N-ethyl adjacent to an activating group) is 1. The van der Waals surface area contributed by atoms with Gasteiger partial charge in [-0.15, -0.1) is 0 Å². The molecule has 0 aliphatic heterocycles. The van der Waals surface area contributed by atoms with E-state index in [-0.39, 0.29) is 23.4 Å². The Morgan fingerprint density at radius 1 is 1.53 bits per heavy atom. The highest BCUT2D eigenvalue weighted by molar-refractivity contribution is 5.80. The van der Waals surface area contributed by atoms with Gasteiger partial charge in [0, 0.05) is 19.7 Å². The Kier molecular flexibility index (Phi) is 5.25. The zero-order chi connectivity index (χ0) is 14.4. The van der Waals surface area contributed by atoms with E-state index in [0.29, 0.717) is 12.1 Å². The van der Waals surface area contributed by atoms with Crippen LogP contribution in [-0.2, 0) is 11.3 Å². The van der Waals surface area contributed by atoms with Crippen molar-refractivity contribution in [1.29, 1.82) is 0 Å². The van der Waals surface area contributed by atoms with Crippen LogP contribution in [0.4, 0.5) is 5.69 Å². The molecule has 1 amide bonds. The summed E-state index contributed by atoms with van der Waals surface area (Å²) in [6.45, 7) is 2.08. The van der Waals surface area contributed by atoms with Crippen LogP contribution in [0.1, 0.15) is 12.5 Å². The Bertz CT molecular complexity index is 476. The SMILES string of the molecule is CNC(=O)C(C)NCc1ccc(OC)c([N+](=O)[O-])c1. The third-order valence-corrected chi connectivity index (χ3v) is 2.69. The molecule has 0 aromatic heterocycles.